The van der Waals surface area contributed by atoms with Crippen LogP contribution in [0.4, 0.5) is 11.9 Å². The van der Waals surface area contributed by atoms with Gasteiger partial charge in [0.25, 0.3) is 11.1 Å². The highest BCUT2D eigenvalue weighted by molar-refractivity contribution is 5.72. The molecule has 0 fully saturated rings. The van der Waals surface area contributed by atoms with Crippen molar-refractivity contribution in [2.75, 3.05) is 11.5 Å². The quantitative estimate of drug-likeness (QED) is 0.335. The lowest BCUT2D eigenvalue weighted by molar-refractivity contribution is 0.629. The van der Waals surface area contributed by atoms with Crippen LogP contribution in [-0.2, 0) is 6.67 Å². The number of imidazole rings is 2. The van der Waals surface area contributed by atoms with Crippen molar-refractivity contribution in [1.82, 2.24) is 39.0 Å². The Balaban J connectivity index is 1.89. The molecule has 0 atom stereocenters. The molecule has 4 aromatic heterocycles. The van der Waals surface area contributed by atoms with Gasteiger partial charge in [-0.05, 0) is 0 Å². The lowest BCUT2D eigenvalue weighted by Gasteiger charge is -2.06. The van der Waals surface area contributed by atoms with E-state index in [1.807, 2.05) is 0 Å². The molecular weight excluding hydrogens is 304 g/mol. The van der Waals surface area contributed by atoms with Gasteiger partial charge in [0.05, 0.1) is 12.7 Å². The number of fused-ring (bicyclic) bond motifs is 2. The van der Waals surface area contributed by atoms with Crippen molar-refractivity contribution >= 4 is 34.2 Å². The van der Waals surface area contributed by atoms with E-state index in [1.165, 1.54) is 12.7 Å². The smallest absolute Gasteiger partial charge is 0.280 e. The molecule has 0 aliphatic carbocycles. The SMILES string of the molecule is Nc1nc2c(ncn2Cn2cnc3c(=O)[nH]c(N)nc32)c(=O)[nH]1. The number of rotatable bonds is 2. The number of H-pyrrole nitrogens is 2. The van der Waals surface area contributed by atoms with Gasteiger partial charge in [-0.3, -0.25) is 28.7 Å². The molecule has 4 aromatic rings. The molecule has 12 heteroatoms. The minimum Gasteiger partial charge on any atom is -0.369 e. The maximum absolute atomic E-state index is 11.8. The minimum absolute atomic E-state index is 0.0152. The Morgan fingerprint density at radius 3 is 1.74 bits per heavy atom. The van der Waals surface area contributed by atoms with Crippen molar-refractivity contribution in [3.63, 3.8) is 0 Å². The van der Waals surface area contributed by atoms with E-state index in [0.717, 1.165) is 0 Å². The van der Waals surface area contributed by atoms with E-state index in [1.54, 1.807) is 9.13 Å². The number of nitrogens with zero attached hydrogens (tertiary/aromatic N) is 6. The van der Waals surface area contributed by atoms with E-state index in [-0.39, 0.29) is 29.6 Å². The Hall–Kier alpha value is -3.70. The van der Waals surface area contributed by atoms with Crippen LogP contribution in [0.2, 0.25) is 0 Å². The maximum Gasteiger partial charge on any atom is 0.280 e. The van der Waals surface area contributed by atoms with Crippen molar-refractivity contribution in [3.05, 3.63) is 33.4 Å². The Bertz CT molecular complexity index is 1070. The number of aromatic amines is 2. The molecule has 0 unspecified atom stereocenters. The zero-order valence-electron chi connectivity index (χ0n) is 11.5. The summed E-state index contributed by atoms with van der Waals surface area (Å²) in [7, 11) is 0. The molecular formula is C11H10N10O2. The Morgan fingerprint density at radius 1 is 0.870 bits per heavy atom. The highest BCUT2D eigenvalue weighted by Crippen LogP contribution is 2.10. The molecule has 0 radical (unpaired) electrons. The fourth-order valence-electron chi connectivity index (χ4n) is 2.31. The number of nitrogens with one attached hydrogen (secondary N) is 2. The molecule has 0 saturated heterocycles. The first-order valence-electron chi connectivity index (χ1n) is 6.44. The van der Waals surface area contributed by atoms with Crippen LogP contribution in [0.1, 0.15) is 0 Å². The van der Waals surface area contributed by atoms with Crippen LogP contribution in [0.25, 0.3) is 22.3 Å². The van der Waals surface area contributed by atoms with E-state index >= 15 is 0 Å². The second kappa shape index (κ2) is 4.40. The van der Waals surface area contributed by atoms with Crippen molar-refractivity contribution in [2.24, 2.45) is 0 Å². The van der Waals surface area contributed by atoms with Crippen molar-refractivity contribution in [3.8, 4) is 0 Å². The predicted molar refractivity (Wildman–Crippen MR) is 80.5 cm³/mol. The van der Waals surface area contributed by atoms with Gasteiger partial charge in [-0.15, -0.1) is 0 Å². The molecule has 0 bridgehead atoms. The lowest BCUT2D eigenvalue weighted by atomic mass is 10.5. The molecule has 0 aromatic carbocycles. The minimum atomic E-state index is -0.430. The molecule has 4 heterocycles. The number of aromatic nitrogens is 8. The third-order valence-electron chi connectivity index (χ3n) is 3.29. The number of hydrogen-bond donors (Lipinski definition) is 4. The van der Waals surface area contributed by atoms with Crippen molar-refractivity contribution in [2.45, 2.75) is 6.67 Å². The zero-order valence-corrected chi connectivity index (χ0v) is 11.5. The van der Waals surface area contributed by atoms with E-state index in [2.05, 4.69) is 29.9 Å². The van der Waals surface area contributed by atoms with Crippen LogP contribution >= 0.6 is 0 Å². The third-order valence-corrected chi connectivity index (χ3v) is 3.29. The predicted octanol–water partition coefficient (Wildman–Crippen LogP) is -1.78. The average molecular weight is 314 g/mol. The van der Waals surface area contributed by atoms with Crippen LogP contribution in [0.3, 0.4) is 0 Å². The molecule has 4 rings (SSSR count). The molecule has 12 nitrogen and oxygen atoms in total. The van der Waals surface area contributed by atoms with E-state index in [4.69, 9.17) is 11.5 Å². The summed E-state index contributed by atoms with van der Waals surface area (Å²) in [4.78, 5) is 44.4. The summed E-state index contributed by atoms with van der Waals surface area (Å²) in [6.45, 7) is 0.179. The molecule has 0 amide bonds. The summed E-state index contributed by atoms with van der Waals surface area (Å²) in [6.07, 6.45) is 2.88. The van der Waals surface area contributed by atoms with Gasteiger partial charge >= 0.3 is 0 Å². The van der Waals surface area contributed by atoms with Gasteiger partial charge < -0.3 is 11.5 Å². The lowest BCUT2D eigenvalue weighted by Crippen LogP contribution is -2.15. The summed E-state index contributed by atoms with van der Waals surface area (Å²) < 4.78 is 3.17. The number of anilines is 2. The van der Waals surface area contributed by atoms with Gasteiger partial charge in [0.1, 0.15) is 6.67 Å². The molecule has 116 valence electrons. The first-order valence-corrected chi connectivity index (χ1v) is 6.44. The second-order valence-corrected chi connectivity index (χ2v) is 4.82. The fourth-order valence-corrected chi connectivity index (χ4v) is 2.31. The maximum atomic E-state index is 11.8. The Kier molecular flexibility index (Phi) is 2.48. The van der Waals surface area contributed by atoms with E-state index in [9.17, 15) is 9.59 Å². The molecule has 0 aliphatic heterocycles. The highest BCUT2D eigenvalue weighted by Gasteiger charge is 2.13. The molecule has 0 spiro atoms. The first kappa shape index (κ1) is 13.0. The number of nitrogens with two attached hydrogens (primary N) is 2. The van der Waals surface area contributed by atoms with Gasteiger partial charge in [-0.25, -0.2) is 9.97 Å². The van der Waals surface area contributed by atoms with Crippen LogP contribution in [0, 0.1) is 0 Å². The Labute approximate surface area is 125 Å². The summed E-state index contributed by atoms with van der Waals surface area (Å²) in [5.74, 6) is -0.0305. The monoisotopic (exact) mass is 314 g/mol. The summed E-state index contributed by atoms with van der Waals surface area (Å²) in [5, 5.41) is 0. The standard InChI is InChI=1S/C11H10N10O2/c12-10-16-6-4(8(22)18-10)14-1-20(6)3-21-2-15-5-7(21)17-11(13)19-9(5)23/h1-2H,3H2,(H3,12,16,18,22)(H3,13,17,19,23). The Morgan fingerprint density at radius 2 is 1.30 bits per heavy atom. The van der Waals surface area contributed by atoms with Crippen LogP contribution in [0.15, 0.2) is 22.2 Å². The fraction of sp³-hybridized carbons (Fsp3) is 0.0909. The van der Waals surface area contributed by atoms with Crippen molar-refractivity contribution in [1.29, 1.82) is 0 Å². The second-order valence-electron chi connectivity index (χ2n) is 4.82. The topological polar surface area (TPSA) is 179 Å². The molecule has 23 heavy (non-hydrogen) atoms. The van der Waals surface area contributed by atoms with Crippen LogP contribution < -0.4 is 22.6 Å². The normalized spacial score (nSPS) is 11.5. The highest BCUT2D eigenvalue weighted by atomic mass is 16.1. The molecule has 0 aliphatic rings. The van der Waals surface area contributed by atoms with E-state index < -0.39 is 11.1 Å². The molecule has 6 N–H and O–H groups in total. The third kappa shape index (κ3) is 1.92. The van der Waals surface area contributed by atoms with E-state index in [0.29, 0.717) is 11.3 Å². The van der Waals surface area contributed by atoms with Crippen molar-refractivity contribution < 1.29 is 0 Å². The molecule has 0 saturated carbocycles. The summed E-state index contributed by atoms with van der Waals surface area (Å²) >= 11 is 0. The average Bonchev–Trinajstić information content (AvgIpc) is 3.05. The van der Waals surface area contributed by atoms with Gasteiger partial charge in [0, 0.05) is 0 Å². The zero-order chi connectivity index (χ0) is 16.1. The van der Waals surface area contributed by atoms with Gasteiger partial charge in [-0.2, -0.15) is 9.97 Å². The number of hydrogen-bond acceptors (Lipinski definition) is 8. The summed E-state index contributed by atoms with van der Waals surface area (Å²) in [6, 6.07) is 0. The van der Waals surface area contributed by atoms with Gasteiger partial charge in [-0.1, -0.05) is 0 Å². The largest absolute Gasteiger partial charge is 0.369 e. The van der Waals surface area contributed by atoms with Gasteiger partial charge in [0.15, 0.2) is 22.3 Å². The first-order chi connectivity index (χ1) is 11.0. The number of nitrogen functional groups attached to an aromatic ring is 2. The van der Waals surface area contributed by atoms with Crippen LogP contribution in [0.5, 0.6) is 0 Å². The summed E-state index contributed by atoms with van der Waals surface area (Å²) in [5.41, 5.74) is 11.2. The van der Waals surface area contributed by atoms with Gasteiger partial charge in [0.2, 0.25) is 11.9 Å². The van der Waals surface area contributed by atoms with Crippen LogP contribution in [-0.4, -0.2) is 39.0 Å².